The summed E-state index contributed by atoms with van der Waals surface area (Å²) in [5.41, 5.74) is 1.30. The number of rotatable bonds is 7. The van der Waals surface area contributed by atoms with Gasteiger partial charge in [0.2, 0.25) is 5.91 Å². The summed E-state index contributed by atoms with van der Waals surface area (Å²) in [5, 5.41) is 2.65. The number of amides is 2. The van der Waals surface area contributed by atoms with E-state index < -0.39 is 5.82 Å². The highest BCUT2D eigenvalue weighted by Gasteiger charge is 2.12. The van der Waals surface area contributed by atoms with E-state index in [-0.39, 0.29) is 30.7 Å². The number of methoxy groups -OCH3 is 1. The van der Waals surface area contributed by atoms with E-state index in [2.05, 4.69) is 5.32 Å². The highest BCUT2D eigenvalue weighted by atomic mass is 19.1. The molecule has 0 atom stereocenters. The SMILES string of the molecule is COc1ccc(CN(C)C(=O)COc2ccc(NC(C)=O)cc2)cc1F. The molecule has 0 radical (unpaired) electrons. The largest absolute Gasteiger partial charge is 0.494 e. The molecule has 0 saturated heterocycles. The minimum absolute atomic E-state index is 0.144. The molecule has 0 unspecified atom stereocenters. The number of anilines is 1. The van der Waals surface area contributed by atoms with E-state index >= 15 is 0 Å². The van der Waals surface area contributed by atoms with Crippen molar-refractivity contribution < 1.29 is 23.5 Å². The molecule has 2 amide bonds. The Kier molecular flexibility index (Phi) is 6.54. The van der Waals surface area contributed by atoms with Crippen LogP contribution in [0.25, 0.3) is 0 Å². The minimum Gasteiger partial charge on any atom is -0.494 e. The van der Waals surface area contributed by atoms with Crippen molar-refractivity contribution >= 4 is 17.5 Å². The van der Waals surface area contributed by atoms with Gasteiger partial charge in [-0.1, -0.05) is 6.07 Å². The van der Waals surface area contributed by atoms with Gasteiger partial charge in [0.15, 0.2) is 18.2 Å². The van der Waals surface area contributed by atoms with Crippen molar-refractivity contribution in [2.45, 2.75) is 13.5 Å². The third-order valence-corrected chi connectivity index (χ3v) is 3.60. The number of carbonyl (C=O) groups is 2. The summed E-state index contributed by atoms with van der Waals surface area (Å²) in [6.45, 7) is 1.53. The molecule has 1 N–H and O–H groups in total. The fourth-order valence-electron chi connectivity index (χ4n) is 2.26. The molecule has 0 fully saturated rings. The molecule has 0 heterocycles. The summed E-state index contributed by atoms with van der Waals surface area (Å²) < 4.78 is 24.0. The fraction of sp³-hybridized carbons (Fsp3) is 0.263. The quantitative estimate of drug-likeness (QED) is 0.824. The maximum atomic E-state index is 13.7. The van der Waals surface area contributed by atoms with Crippen molar-refractivity contribution in [1.82, 2.24) is 4.90 Å². The summed E-state index contributed by atoms with van der Waals surface area (Å²) in [6, 6.07) is 11.3. The molecular weight excluding hydrogens is 339 g/mol. The zero-order chi connectivity index (χ0) is 19.1. The molecule has 0 bridgehead atoms. The van der Waals surface area contributed by atoms with Crippen LogP contribution in [-0.4, -0.2) is 37.5 Å². The first-order valence-corrected chi connectivity index (χ1v) is 7.96. The zero-order valence-corrected chi connectivity index (χ0v) is 14.9. The van der Waals surface area contributed by atoms with Gasteiger partial charge in [0.1, 0.15) is 5.75 Å². The van der Waals surface area contributed by atoms with Crippen LogP contribution >= 0.6 is 0 Å². The van der Waals surface area contributed by atoms with Gasteiger partial charge in [0, 0.05) is 26.2 Å². The normalized spacial score (nSPS) is 10.2. The Morgan fingerprint density at radius 1 is 1.15 bits per heavy atom. The van der Waals surface area contributed by atoms with Gasteiger partial charge in [-0.15, -0.1) is 0 Å². The number of likely N-dealkylation sites (N-methyl/N-ethyl adjacent to an activating group) is 1. The van der Waals surface area contributed by atoms with Crippen molar-refractivity contribution in [2.75, 3.05) is 26.1 Å². The van der Waals surface area contributed by atoms with Gasteiger partial charge in [-0.25, -0.2) is 4.39 Å². The van der Waals surface area contributed by atoms with Crippen molar-refractivity contribution in [3.8, 4) is 11.5 Å². The molecule has 0 aliphatic heterocycles. The summed E-state index contributed by atoms with van der Waals surface area (Å²) in [6.07, 6.45) is 0. The number of halogens is 1. The van der Waals surface area contributed by atoms with E-state index in [9.17, 15) is 14.0 Å². The second-order valence-corrected chi connectivity index (χ2v) is 5.71. The van der Waals surface area contributed by atoms with Gasteiger partial charge in [-0.2, -0.15) is 0 Å². The van der Waals surface area contributed by atoms with Crippen LogP contribution in [0.2, 0.25) is 0 Å². The summed E-state index contributed by atoms with van der Waals surface area (Å²) in [5.74, 6) is -0.205. The molecule has 2 aromatic rings. The van der Waals surface area contributed by atoms with Crippen molar-refractivity contribution in [1.29, 1.82) is 0 Å². The van der Waals surface area contributed by atoms with Crippen LogP contribution in [0, 0.1) is 5.82 Å². The van der Waals surface area contributed by atoms with Crippen LogP contribution in [0.1, 0.15) is 12.5 Å². The number of hydrogen-bond donors (Lipinski definition) is 1. The predicted molar refractivity (Wildman–Crippen MR) is 95.7 cm³/mol. The van der Waals surface area contributed by atoms with E-state index in [0.29, 0.717) is 17.0 Å². The lowest BCUT2D eigenvalue weighted by atomic mass is 10.2. The Hall–Kier alpha value is -3.09. The van der Waals surface area contributed by atoms with E-state index in [1.54, 1.807) is 37.4 Å². The second-order valence-electron chi connectivity index (χ2n) is 5.71. The average molecular weight is 360 g/mol. The average Bonchev–Trinajstić information content (AvgIpc) is 2.60. The Bertz CT molecular complexity index is 778. The Morgan fingerprint density at radius 2 is 1.85 bits per heavy atom. The summed E-state index contributed by atoms with van der Waals surface area (Å²) in [4.78, 5) is 24.6. The van der Waals surface area contributed by atoms with Crippen LogP contribution in [-0.2, 0) is 16.1 Å². The molecule has 138 valence electrons. The van der Waals surface area contributed by atoms with Crippen LogP contribution < -0.4 is 14.8 Å². The number of carbonyl (C=O) groups excluding carboxylic acids is 2. The second kappa shape index (κ2) is 8.84. The number of hydrogen-bond acceptors (Lipinski definition) is 4. The first kappa shape index (κ1) is 19.2. The molecule has 2 aromatic carbocycles. The van der Waals surface area contributed by atoms with Crippen LogP contribution in [0.5, 0.6) is 11.5 Å². The van der Waals surface area contributed by atoms with Gasteiger partial charge in [-0.05, 0) is 42.0 Å². The fourth-order valence-corrected chi connectivity index (χ4v) is 2.26. The van der Waals surface area contributed by atoms with Gasteiger partial charge < -0.3 is 19.7 Å². The predicted octanol–water partition coefficient (Wildman–Crippen LogP) is 2.83. The molecule has 26 heavy (non-hydrogen) atoms. The smallest absolute Gasteiger partial charge is 0.260 e. The van der Waals surface area contributed by atoms with E-state index in [0.717, 1.165) is 0 Å². The standard InChI is InChI=1S/C19H21FN2O4/c1-13(23)21-15-5-7-16(8-6-15)26-12-19(24)22(2)11-14-4-9-18(25-3)17(20)10-14/h4-10H,11-12H2,1-3H3,(H,21,23). The molecule has 0 aliphatic carbocycles. The number of ether oxygens (including phenoxy) is 2. The lowest BCUT2D eigenvalue weighted by Gasteiger charge is -2.18. The molecule has 0 aliphatic rings. The van der Waals surface area contributed by atoms with Crippen LogP contribution in [0.15, 0.2) is 42.5 Å². The first-order valence-electron chi connectivity index (χ1n) is 7.96. The zero-order valence-electron chi connectivity index (χ0n) is 14.9. The van der Waals surface area contributed by atoms with Gasteiger partial charge in [0.05, 0.1) is 7.11 Å². The Morgan fingerprint density at radius 3 is 2.42 bits per heavy atom. The highest BCUT2D eigenvalue weighted by Crippen LogP contribution is 2.19. The van der Waals surface area contributed by atoms with E-state index in [4.69, 9.17) is 9.47 Å². The molecule has 0 aromatic heterocycles. The van der Waals surface area contributed by atoms with E-state index in [1.807, 2.05) is 0 Å². The van der Waals surface area contributed by atoms with Crippen molar-refractivity contribution in [3.63, 3.8) is 0 Å². The molecule has 0 spiro atoms. The molecule has 6 nitrogen and oxygen atoms in total. The van der Waals surface area contributed by atoms with Crippen LogP contribution in [0.3, 0.4) is 0 Å². The Balaban J connectivity index is 1.86. The maximum Gasteiger partial charge on any atom is 0.260 e. The summed E-state index contributed by atoms with van der Waals surface area (Å²) in [7, 11) is 3.02. The topological polar surface area (TPSA) is 67.9 Å². The van der Waals surface area contributed by atoms with E-state index in [1.165, 1.54) is 31.1 Å². The maximum absolute atomic E-state index is 13.7. The van der Waals surface area contributed by atoms with Gasteiger partial charge >= 0.3 is 0 Å². The molecule has 7 heteroatoms. The molecule has 0 saturated carbocycles. The lowest BCUT2D eigenvalue weighted by Crippen LogP contribution is -2.31. The van der Waals surface area contributed by atoms with Gasteiger partial charge in [-0.3, -0.25) is 9.59 Å². The van der Waals surface area contributed by atoms with Crippen LogP contribution in [0.4, 0.5) is 10.1 Å². The van der Waals surface area contributed by atoms with Gasteiger partial charge in [0.25, 0.3) is 5.91 Å². The third kappa shape index (κ3) is 5.47. The first-order chi connectivity index (χ1) is 12.4. The molecule has 2 rings (SSSR count). The minimum atomic E-state index is -0.471. The lowest BCUT2D eigenvalue weighted by molar-refractivity contribution is -0.132. The number of nitrogens with one attached hydrogen (secondary N) is 1. The third-order valence-electron chi connectivity index (χ3n) is 3.60. The monoisotopic (exact) mass is 360 g/mol. The van der Waals surface area contributed by atoms with Crippen molar-refractivity contribution in [3.05, 3.63) is 53.8 Å². The number of nitrogens with zero attached hydrogens (tertiary/aromatic N) is 1. The summed E-state index contributed by atoms with van der Waals surface area (Å²) >= 11 is 0. The molecular formula is C19H21FN2O4. The highest BCUT2D eigenvalue weighted by molar-refractivity contribution is 5.88. The van der Waals surface area contributed by atoms with Crippen molar-refractivity contribution in [2.24, 2.45) is 0 Å². The Labute approximate surface area is 151 Å². The number of benzene rings is 2.